The van der Waals surface area contributed by atoms with Crippen LogP contribution < -0.4 is 6.15 Å². The van der Waals surface area contributed by atoms with Crippen molar-refractivity contribution in [2.45, 2.75) is 25.4 Å². The number of carbonyl (C=O) groups is 4. The van der Waals surface area contributed by atoms with Gasteiger partial charge in [0.1, 0.15) is 0 Å². The molecular weight excluding hydrogens is 290 g/mol. The largest absolute Gasteiger partial charge is 0.481 e. The summed E-state index contributed by atoms with van der Waals surface area (Å²) >= 11 is 0. The van der Waals surface area contributed by atoms with E-state index in [2.05, 4.69) is 0 Å². The lowest BCUT2D eigenvalue weighted by atomic mass is 9.96. The van der Waals surface area contributed by atoms with Crippen molar-refractivity contribution in [2.75, 3.05) is 0 Å². The van der Waals surface area contributed by atoms with Crippen molar-refractivity contribution in [3.8, 4) is 0 Å². The van der Waals surface area contributed by atoms with E-state index in [4.69, 9.17) is 30.3 Å². The molecule has 0 saturated carbocycles. The van der Waals surface area contributed by atoms with Gasteiger partial charge in [-0.3, -0.25) is 14.4 Å². The first-order valence-corrected chi connectivity index (χ1v) is 4.10. The van der Waals surface area contributed by atoms with Gasteiger partial charge < -0.3 is 31.7 Å². The van der Waals surface area contributed by atoms with Crippen LogP contribution in [0.4, 0.5) is 0 Å². The van der Waals surface area contributed by atoms with Gasteiger partial charge in [0.2, 0.25) is 0 Å². The van der Waals surface area contributed by atoms with Gasteiger partial charge in [0.15, 0.2) is 5.60 Å². The fraction of sp³-hybridized carbons (Fsp3) is 0.500. The van der Waals surface area contributed by atoms with Crippen LogP contribution in [0.25, 0.3) is 0 Å². The highest BCUT2D eigenvalue weighted by molar-refractivity contribution is 5.88. The van der Waals surface area contributed by atoms with Crippen molar-refractivity contribution < 1.29 is 44.7 Å². The maximum absolute atomic E-state index is 10.3. The molecule has 0 aromatic carbocycles. The first kappa shape index (κ1) is 25.8. The predicted molar refractivity (Wildman–Crippen MR) is 62.7 cm³/mol. The minimum atomic E-state index is -2.74. The van der Waals surface area contributed by atoms with Gasteiger partial charge in [-0.15, -0.1) is 12.4 Å². The molecule has 0 heterocycles. The van der Waals surface area contributed by atoms with Gasteiger partial charge in [-0.05, 0) is 0 Å². The monoisotopic (exact) mass is 305 g/mol. The Balaban J connectivity index is -0.000000165. The number of rotatable bonds is 5. The molecule has 0 aromatic rings. The summed E-state index contributed by atoms with van der Waals surface area (Å²) in [4.78, 5) is 39.5. The van der Waals surface area contributed by atoms with Crippen LogP contribution >= 0.6 is 12.4 Å². The smallest absolute Gasteiger partial charge is 0.336 e. The summed E-state index contributed by atoms with van der Waals surface area (Å²) < 4.78 is 0. The Hall–Kier alpha value is -1.91. The van der Waals surface area contributed by atoms with Crippen LogP contribution in [-0.4, -0.2) is 55.0 Å². The summed E-state index contributed by atoms with van der Waals surface area (Å²) in [5.41, 5.74) is -2.74. The van der Waals surface area contributed by atoms with Crippen LogP contribution in [0.15, 0.2) is 0 Å². The second-order valence-corrected chi connectivity index (χ2v) is 3.00. The highest BCUT2D eigenvalue weighted by Gasteiger charge is 2.40. The molecule has 0 unspecified atom stereocenters. The zero-order valence-electron chi connectivity index (χ0n) is 9.90. The highest BCUT2D eigenvalue weighted by atomic mass is 35.5. The van der Waals surface area contributed by atoms with E-state index in [0.29, 0.717) is 0 Å². The minimum absolute atomic E-state index is 0. The molecule has 0 rings (SSSR count). The first-order chi connectivity index (χ1) is 7.51. The van der Waals surface area contributed by atoms with Crippen molar-refractivity contribution >= 4 is 36.3 Å². The molecule has 0 radical (unpaired) electrons. The molecule has 8 N–H and O–H groups in total. The Kier molecular flexibility index (Phi) is 15.2. The first-order valence-electron chi connectivity index (χ1n) is 4.10. The van der Waals surface area contributed by atoms with Gasteiger partial charge >= 0.3 is 17.9 Å². The molecule has 10 nitrogen and oxygen atoms in total. The lowest BCUT2D eigenvalue weighted by Crippen LogP contribution is -2.42. The average molecular weight is 306 g/mol. The van der Waals surface area contributed by atoms with Crippen molar-refractivity contribution in [3.05, 3.63) is 0 Å². The molecule has 0 spiro atoms. The molecule has 0 amide bonds. The van der Waals surface area contributed by atoms with Crippen molar-refractivity contribution in [2.24, 2.45) is 0 Å². The summed E-state index contributed by atoms with van der Waals surface area (Å²) in [6, 6.07) is 0. The molecule has 0 aromatic heterocycles. The Morgan fingerprint density at radius 2 is 1.11 bits per heavy atom. The lowest BCUT2D eigenvalue weighted by molar-refractivity contribution is -0.170. The number of halogens is 1. The summed E-state index contributed by atoms with van der Waals surface area (Å²) in [6.45, 7) is 1.08. The third-order valence-corrected chi connectivity index (χ3v) is 1.29. The molecule has 11 heteroatoms. The Morgan fingerprint density at radius 3 is 1.21 bits per heavy atom. The second-order valence-electron chi connectivity index (χ2n) is 3.00. The van der Waals surface area contributed by atoms with Gasteiger partial charge in [0.25, 0.3) is 5.97 Å². The van der Waals surface area contributed by atoms with Gasteiger partial charge in [-0.2, -0.15) is 0 Å². The lowest BCUT2D eigenvalue weighted by Gasteiger charge is -2.18. The third-order valence-electron chi connectivity index (χ3n) is 1.29. The molecule has 0 fully saturated rings. The summed E-state index contributed by atoms with van der Waals surface area (Å²) in [5, 5.41) is 41.2. The van der Waals surface area contributed by atoms with Crippen LogP contribution in [0.2, 0.25) is 0 Å². The van der Waals surface area contributed by atoms with E-state index >= 15 is 0 Å². The standard InChI is InChI=1S/C6H8O7.C2H4O2.ClH.H3N/c7-3(8)1-6(13,5(11)12)2-4(9)10;1-2(3)4;;/h13H,1-2H2,(H,7,8)(H,9,10)(H,11,12);1H3,(H,3,4);1H;1H3. The van der Waals surface area contributed by atoms with Crippen LogP contribution in [-0.2, 0) is 19.2 Å². The van der Waals surface area contributed by atoms with E-state index in [1.807, 2.05) is 0 Å². The topological polar surface area (TPSA) is 204 Å². The maximum atomic E-state index is 10.3. The van der Waals surface area contributed by atoms with E-state index in [1.54, 1.807) is 0 Å². The van der Waals surface area contributed by atoms with Gasteiger partial charge in [0.05, 0.1) is 12.8 Å². The Labute approximate surface area is 113 Å². The summed E-state index contributed by atoms with van der Waals surface area (Å²) in [6.07, 6.45) is -2.29. The molecular formula is C8H16ClNO9. The number of carboxylic acids is 4. The molecule has 19 heavy (non-hydrogen) atoms. The number of aliphatic hydroxyl groups is 1. The molecule has 0 atom stereocenters. The van der Waals surface area contributed by atoms with E-state index in [-0.39, 0.29) is 18.6 Å². The van der Waals surface area contributed by atoms with Gasteiger partial charge in [-0.25, -0.2) is 4.79 Å². The molecule has 0 aliphatic rings. The Morgan fingerprint density at radius 1 is 0.895 bits per heavy atom. The van der Waals surface area contributed by atoms with Gasteiger partial charge in [-0.1, -0.05) is 0 Å². The minimum Gasteiger partial charge on any atom is -0.481 e. The SMILES string of the molecule is CC(=O)O.Cl.N.O=C(O)CC(O)(CC(=O)O)C(=O)O. The van der Waals surface area contributed by atoms with E-state index in [9.17, 15) is 14.4 Å². The van der Waals surface area contributed by atoms with Crippen LogP contribution in [0.5, 0.6) is 0 Å². The third kappa shape index (κ3) is 16.1. The van der Waals surface area contributed by atoms with Crippen LogP contribution in [0, 0.1) is 0 Å². The fourth-order valence-electron chi connectivity index (χ4n) is 0.714. The van der Waals surface area contributed by atoms with E-state index in [0.717, 1.165) is 6.92 Å². The molecule has 114 valence electrons. The Bertz CT molecular complexity index is 310. The number of hydrogen-bond acceptors (Lipinski definition) is 6. The molecule has 0 aliphatic heterocycles. The average Bonchev–Trinajstić information content (AvgIpc) is 1.98. The summed E-state index contributed by atoms with van der Waals surface area (Å²) in [5.74, 6) is -5.85. The zero-order valence-corrected chi connectivity index (χ0v) is 10.7. The van der Waals surface area contributed by atoms with Gasteiger partial charge in [0, 0.05) is 6.92 Å². The second kappa shape index (κ2) is 11.2. The van der Waals surface area contributed by atoms with Crippen molar-refractivity contribution in [1.29, 1.82) is 0 Å². The maximum Gasteiger partial charge on any atom is 0.336 e. The fourth-order valence-corrected chi connectivity index (χ4v) is 0.714. The molecule has 0 bridgehead atoms. The molecule has 0 aliphatic carbocycles. The number of hydrogen-bond donors (Lipinski definition) is 6. The predicted octanol–water partition coefficient (Wildman–Crippen LogP) is -0.574. The quantitative estimate of drug-likeness (QED) is 0.381. The van der Waals surface area contributed by atoms with Crippen molar-refractivity contribution in [1.82, 2.24) is 6.15 Å². The zero-order chi connectivity index (χ0) is 14.2. The van der Waals surface area contributed by atoms with Crippen molar-refractivity contribution in [3.63, 3.8) is 0 Å². The van der Waals surface area contributed by atoms with E-state index < -0.39 is 42.3 Å². The molecule has 0 saturated heterocycles. The highest BCUT2D eigenvalue weighted by Crippen LogP contribution is 2.15. The van der Waals surface area contributed by atoms with E-state index in [1.165, 1.54) is 0 Å². The van der Waals surface area contributed by atoms with Crippen LogP contribution in [0.3, 0.4) is 0 Å². The number of aliphatic carboxylic acids is 4. The van der Waals surface area contributed by atoms with Crippen LogP contribution in [0.1, 0.15) is 19.8 Å². The number of carboxylic acid groups (broad SMARTS) is 4. The normalized spacial score (nSPS) is 8.74. The summed E-state index contributed by atoms with van der Waals surface area (Å²) in [7, 11) is 0.